The summed E-state index contributed by atoms with van der Waals surface area (Å²) >= 11 is 0. The first kappa shape index (κ1) is 17.1. The number of amides is 2. The predicted octanol–water partition coefficient (Wildman–Crippen LogP) is -0.468. The zero-order valence-electron chi connectivity index (χ0n) is 13.8. The minimum Gasteiger partial charge on any atom is -0.369 e. The zero-order chi connectivity index (χ0) is 17.8. The molecule has 3 rings (SSSR count). The number of piperidine rings is 1. The summed E-state index contributed by atoms with van der Waals surface area (Å²) in [5.74, 6) is -0.462. The Morgan fingerprint density at radius 3 is 2.60 bits per heavy atom. The summed E-state index contributed by atoms with van der Waals surface area (Å²) in [5.41, 5.74) is 5.49. The van der Waals surface area contributed by atoms with E-state index < -0.39 is 0 Å². The Bertz CT molecular complexity index is 840. The molecule has 25 heavy (non-hydrogen) atoms. The van der Waals surface area contributed by atoms with Gasteiger partial charge in [0.05, 0.1) is 24.0 Å². The van der Waals surface area contributed by atoms with E-state index in [1.165, 1.54) is 0 Å². The van der Waals surface area contributed by atoms with Gasteiger partial charge in [0, 0.05) is 24.5 Å². The van der Waals surface area contributed by atoms with E-state index in [4.69, 9.17) is 5.73 Å². The number of benzene rings is 1. The van der Waals surface area contributed by atoms with Crippen LogP contribution in [0.5, 0.6) is 0 Å². The summed E-state index contributed by atoms with van der Waals surface area (Å²) in [5, 5.41) is 10.7. The highest BCUT2D eigenvalue weighted by Crippen LogP contribution is 2.14. The number of carbonyl (C=O) groups excluding carboxylic acids is 2. The number of hydrogen-bond acceptors (Lipinski definition) is 5. The van der Waals surface area contributed by atoms with Crippen molar-refractivity contribution in [3.63, 3.8) is 0 Å². The number of H-pyrrole nitrogens is 1. The van der Waals surface area contributed by atoms with Gasteiger partial charge in [-0.2, -0.15) is 5.10 Å². The zero-order valence-corrected chi connectivity index (χ0v) is 13.8. The van der Waals surface area contributed by atoms with Crippen LogP contribution in [0.4, 0.5) is 0 Å². The second-order valence-electron chi connectivity index (χ2n) is 6.31. The van der Waals surface area contributed by atoms with Gasteiger partial charge in [-0.25, -0.2) is 5.10 Å². The number of aromatic nitrogens is 2. The molecule has 0 saturated carbocycles. The molecule has 8 heteroatoms. The number of nitrogens with one attached hydrogen (secondary N) is 2. The van der Waals surface area contributed by atoms with Gasteiger partial charge in [0.25, 0.3) is 5.56 Å². The third-order valence-electron chi connectivity index (χ3n) is 4.44. The first-order valence-corrected chi connectivity index (χ1v) is 8.29. The molecule has 4 N–H and O–H groups in total. The molecular weight excluding hydrogens is 322 g/mol. The number of nitrogens with two attached hydrogens (primary N) is 1. The summed E-state index contributed by atoms with van der Waals surface area (Å²) in [7, 11) is 0. The van der Waals surface area contributed by atoms with Gasteiger partial charge in [0.2, 0.25) is 11.8 Å². The van der Waals surface area contributed by atoms with Crippen molar-refractivity contribution in [3.05, 3.63) is 40.3 Å². The Kier molecular flexibility index (Phi) is 5.08. The molecule has 1 aliphatic heterocycles. The van der Waals surface area contributed by atoms with Crippen molar-refractivity contribution in [2.45, 2.75) is 25.3 Å². The van der Waals surface area contributed by atoms with E-state index in [1.54, 1.807) is 18.2 Å². The highest BCUT2D eigenvalue weighted by Gasteiger charge is 2.22. The normalized spacial score (nSPS) is 16.0. The van der Waals surface area contributed by atoms with E-state index in [0.29, 0.717) is 16.5 Å². The molecule has 1 saturated heterocycles. The van der Waals surface area contributed by atoms with Gasteiger partial charge in [-0.1, -0.05) is 18.2 Å². The monoisotopic (exact) mass is 343 g/mol. The average Bonchev–Trinajstić information content (AvgIpc) is 2.59. The molecule has 0 atom stereocenters. The number of hydrogen-bond donors (Lipinski definition) is 3. The number of fused-ring (bicyclic) bond motifs is 1. The molecule has 132 valence electrons. The van der Waals surface area contributed by atoms with Crippen molar-refractivity contribution in [2.75, 3.05) is 19.6 Å². The molecule has 2 aromatic rings. The van der Waals surface area contributed by atoms with Crippen LogP contribution in [0, 0.1) is 0 Å². The number of aromatic amines is 1. The van der Waals surface area contributed by atoms with E-state index in [2.05, 4.69) is 15.5 Å². The Labute approximate surface area is 144 Å². The number of carbonyl (C=O) groups is 2. The standard InChI is InChI=1S/C17H21N5O3/c18-15(23)10-22-7-5-11(6-8-22)19-16(24)9-14-12-3-1-2-4-13(12)17(25)21-20-14/h1-4,11H,5-10H2,(H2,18,23)(H,19,24)(H,21,25). The predicted molar refractivity (Wildman–Crippen MR) is 92.9 cm³/mol. The van der Waals surface area contributed by atoms with Crippen LogP contribution < -0.4 is 16.6 Å². The fraction of sp³-hybridized carbons (Fsp3) is 0.412. The number of nitrogens with zero attached hydrogens (tertiary/aromatic N) is 2. The molecular formula is C17H21N5O3. The van der Waals surface area contributed by atoms with Crippen LogP contribution in [0.2, 0.25) is 0 Å². The lowest BCUT2D eigenvalue weighted by molar-refractivity contribution is -0.122. The molecule has 0 spiro atoms. The topological polar surface area (TPSA) is 121 Å². The number of primary amides is 1. The molecule has 0 unspecified atom stereocenters. The van der Waals surface area contributed by atoms with Crippen LogP contribution in [0.1, 0.15) is 18.5 Å². The van der Waals surface area contributed by atoms with Crippen LogP contribution in [0.15, 0.2) is 29.1 Å². The lowest BCUT2D eigenvalue weighted by Gasteiger charge is -2.31. The molecule has 1 aromatic carbocycles. The van der Waals surface area contributed by atoms with Crippen LogP contribution in [0.3, 0.4) is 0 Å². The van der Waals surface area contributed by atoms with Crippen molar-refractivity contribution in [1.82, 2.24) is 20.4 Å². The third-order valence-corrected chi connectivity index (χ3v) is 4.44. The fourth-order valence-electron chi connectivity index (χ4n) is 3.19. The van der Waals surface area contributed by atoms with Crippen LogP contribution in [0.25, 0.3) is 10.8 Å². The van der Waals surface area contributed by atoms with Gasteiger partial charge in [0.1, 0.15) is 0 Å². The Morgan fingerprint density at radius 1 is 1.24 bits per heavy atom. The van der Waals surface area contributed by atoms with Gasteiger partial charge in [-0.15, -0.1) is 0 Å². The lowest BCUT2D eigenvalue weighted by Crippen LogP contribution is -2.47. The summed E-state index contributed by atoms with van der Waals surface area (Å²) in [6.07, 6.45) is 1.66. The summed E-state index contributed by atoms with van der Waals surface area (Å²) in [4.78, 5) is 37.1. The van der Waals surface area contributed by atoms with E-state index in [0.717, 1.165) is 25.9 Å². The van der Waals surface area contributed by atoms with Crippen molar-refractivity contribution < 1.29 is 9.59 Å². The minimum atomic E-state index is -0.335. The molecule has 0 aliphatic carbocycles. The number of rotatable bonds is 5. The third kappa shape index (κ3) is 4.21. The Morgan fingerprint density at radius 2 is 1.92 bits per heavy atom. The van der Waals surface area contributed by atoms with Crippen LogP contribution >= 0.6 is 0 Å². The second kappa shape index (κ2) is 7.43. The maximum Gasteiger partial charge on any atom is 0.272 e. The molecule has 1 aliphatic rings. The summed E-state index contributed by atoms with van der Waals surface area (Å²) < 4.78 is 0. The molecule has 0 radical (unpaired) electrons. The van der Waals surface area contributed by atoms with Gasteiger partial charge in [-0.05, 0) is 18.9 Å². The lowest BCUT2D eigenvalue weighted by atomic mass is 10.0. The van der Waals surface area contributed by atoms with Crippen molar-refractivity contribution >= 4 is 22.6 Å². The molecule has 1 fully saturated rings. The van der Waals surface area contributed by atoms with Crippen LogP contribution in [-0.2, 0) is 16.0 Å². The smallest absolute Gasteiger partial charge is 0.272 e. The first-order chi connectivity index (χ1) is 12.0. The average molecular weight is 343 g/mol. The Hall–Kier alpha value is -2.74. The van der Waals surface area contributed by atoms with Gasteiger partial charge >= 0.3 is 0 Å². The minimum absolute atomic E-state index is 0.0747. The van der Waals surface area contributed by atoms with E-state index in [1.807, 2.05) is 11.0 Å². The molecule has 1 aromatic heterocycles. The van der Waals surface area contributed by atoms with Gasteiger partial charge in [-0.3, -0.25) is 19.3 Å². The van der Waals surface area contributed by atoms with Crippen molar-refractivity contribution in [3.8, 4) is 0 Å². The number of likely N-dealkylation sites (tertiary alicyclic amines) is 1. The van der Waals surface area contributed by atoms with E-state index >= 15 is 0 Å². The Balaban J connectivity index is 1.60. The van der Waals surface area contributed by atoms with Crippen molar-refractivity contribution in [2.24, 2.45) is 5.73 Å². The SMILES string of the molecule is NC(=O)CN1CCC(NC(=O)Cc2n[nH]c(=O)c3ccccc23)CC1. The van der Waals surface area contributed by atoms with Crippen molar-refractivity contribution in [1.29, 1.82) is 0 Å². The maximum absolute atomic E-state index is 12.3. The first-order valence-electron chi connectivity index (χ1n) is 8.29. The fourth-order valence-corrected chi connectivity index (χ4v) is 3.19. The quantitative estimate of drug-likeness (QED) is 0.678. The molecule has 8 nitrogen and oxygen atoms in total. The van der Waals surface area contributed by atoms with Crippen LogP contribution in [-0.4, -0.2) is 52.6 Å². The largest absolute Gasteiger partial charge is 0.369 e. The van der Waals surface area contributed by atoms with Gasteiger partial charge in [0.15, 0.2) is 0 Å². The van der Waals surface area contributed by atoms with Gasteiger partial charge < -0.3 is 11.1 Å². The maximum atomic E-state index is 12.3. The van der Waals surface area contributed by atoms with E-state index in [-0.39, 0.29) is 36.4 Å². The molecule has 2 heterocycles. The summed E-state index contributed by atoms with van der Waals surface area (Å²) in [6, 6.07) is 7.18. The highest BCUT2D eigenvalue weighted by molar-refractivity contribution is 5.88. The summed E-state index contributed by atoms with van der Waals surface area (Å²) in [6.45, 7) is 1.72. The second-order valence-corrected chi connectivity index (χ2v) is 6.31. The van der Waals surface area contributed by atoms with E-state index in [9.17, 15) is 14.4 Å². The highest BCUT2D eigenvalue weighted by atomic mass is 16.2. The molecule has 0 bridgehead atoms. The molecule has 2 amide bonds.